The van der Waals surface area contributed by atoms with Crippen LogP contribution in [0.3, 0.4) is 0 Å². The predicted molar refractivity (Wildman–Crippen MR) is 113 cm³/mol. The second-order valence-electron chi connectivity index (χ2n) is 7.86. The van der Waals surface area contributed by atoms with Crippen molar-refractivity contribution in [3.63, 3.8) is 0 Å². The third-order valence-electron chi connectivity index (χ3n) is 5.57. The normalized spacial score (nSPS) is 16.9. The Bertz CT molecular complexity index is 1200. The first-order valence-corrected chi connectivity index (χ1v) is 9.88. The van der Waals surface area contributed by atoms with E-state index in [1.807, 2.05) is 43.6 Å². The van der Waals surface area contributed by atoms with Crippen molar-refractivity contribution in [2.24, 2.45) is 5.92 Å². The van der Waals surface area contributed by atoms with Crippen molar-refractivity contribution in [3.8, 4) is 22.5 Å². The summed E-state index contributed by atoms with van der Waals surface area (Å²) in [6.45, 7) is 4.95. The minimum absolute atomic E-state index is 0.0255. The van der Waals surface area contributed by atoms with E-state index in [-0.39, 0.29) is 12.1 Å². The zero-order valence-corrected chi connectivity index (χ0v) is 17.0. The number of urea groups is 1. The highest BCUT2D eigenvalue weighted by atomic mass is 16.2. The molecule has 9 nitrogen and oxygen atoms in total. The number of aromatic nitrogens is 6. The van der Waals surface area contributed by atoms with Gasteiger partial charge in [-0.2, -0.15) is 10.2 Å². The van der Waals surface area contributed by atoms with Crippen LogP contribution in [-0.4, -0.2) is 60.3 Å². The van der Waals surface area contributed by atoms with Gasteiger partial charge in [-0.15, -0.1) is 0 Å². The van der Waals surface area contributed by atoms with Gasteiger partial charge in [0.2, 0.25) is 0 Å². The van der Waals surface area contributed by atoms with Crippen LogP contribution in [0.4, 0.5) is 10.6 Å². The minimum Gasteiger partial charge on any atom is -0.325 e. The Morgan fingerprint density at radius 2 is 1.90 bits per heavy atom. The van der Waals surface area contributed by atoms with Crippen LogP contribution >= 0.6 is 0 Å². The maximum atomic E-state index is 12.8. The van der Waals surface area contributed by atoms with Crippen molar-refractivity contribution in [3.05, 3.63) is 49.1 Å². The van der Waals surface area contributed by atoms with Crippen LogP contribution in [0, 0.1) is 5.92 Å². The number of hydrogen-bond acceptors (Lipinski definition) is 5. The Morgan fingerprint density at radius 3 is 2.60 bits per heavy atom. The molecule has 2 amide bonds. The van der Waals surface area contributed by atoms with Crippen LogP contribution in [-0.2, 0) is 0 Å². The van der Waals surface area contributed by atoms with Gasteiger partial charge in [0.05, 0.1) is 12.2 Å². The summed E-state index contributed by atoms with van der Waals surface area (Å²) >= 11 is 0. The highest BCUT2D eigenvalue weighted by Crippen LogP contribution is 2.30. The van der Waals surface area contributed by atoms with E-state index in [4.69, 9.17) is 4.98 Å². The zero-order chi connectivity index (χ0) is 20.8. The van der Waals surface area contributed by atoms with Gasteiger partial charge in [0.15, 0.2) is 11.5 Å². The molecule has 1 fully saturated rings. The standard InChI is InChI=1S/C21H22N8O/c1-13(2)17-11-27(3)21(30)29(17)18-8-9-28-20(25-18)16(10-24-28)14-4-6-15(7-5-14)19-22-12-23-26-19/h4-10,12-13,17H,11H2,1-3H3,(H,22,23,26). The Morgan fingerprint density at radius 1 is 1.13 bits per heavy atom. The zero-order valence-electron chi connectivity index (χ0n) is 17.0. The van der Waals surface area contributed by atoms with Crippen LogP contribution in [0.15, 0.2) is 49.1 Å². The lowest BCUT2D eigenvalue weighted by Crippen LogP contribution is -2.38. The second-order valence-corrected chi connectivity index (χ2v) is 7.86. The molecule has 1 unspecified atom stereocenters. The first-order chi connectivity index (χ1) is 14.5. The van der Waals surface area contributed by atoms with Gasteiger partial charge in [0, 0.05) is 30.9 Å². The number of rotatable bonds is 4. The highest BCUT2D eigenvalue weighted by molar-refractivity contribution is 5.94. The topological polar surface area (TPSA) is 95.3 Å². The average Bonchev–Trinajstić information content (AvgIpc) is 3.48. The van der Waals surface area contributed by atoms with Gasteiger partial charge in [-0.25, -0.2) is 19.3 Å². The maximum Gasteiger partial charge on any atom is 0.325 e. The quantitative estimate of drug-likeness (QED) is 0.566. The van der Waals surface area contributed by atoms with Gasteiger partial charge in [-0.05, 0) is 17.5 Å². The molecule has 0 bridgehead atoms. The van der Waals surface area contributed by atoms with E-state index in [2.05, 4.69) is 34.1 Å². The number of likely N-dealkylation sites (N-methyl/N-ethyl adjacent to an activating group) is 1. The van der Waals surface area contributed by atoms with Gasteiger partial charge in [0.1, 0.15) is 12.1 Å². The average molecular weight is 402 g/mol. The molecule has 5 rings (SSSR count). The van der Waals surface area contributed by atoms with Crippen LogP contribution in [0.1, 0.15) is 13.8 Å². The smallest absolute Gasteiger partial charge is 0.325 e. The molecule has 4 heterocycles. The number of anilines is 1. The van der Waals surface area contributed by atoms with Crippen molar-refractivity contribution in [1.29, 1.82) is 0 Å². The lowest BCUT2D eigenvalue weighted by molar-refractivity contribution is 0.229. The number of hydrogen-bond donors (Lipinski definition) is 1. The molecule has 3 aromatic heterocycles. The van der Waals surface area contributed by atoms with E-state index >= 15 is 0 Å². The third-order valence-corrected chi connectivity index (χ3v) is 5.57. The molecule has 1 aromatic carbocycles. The van der Waals surface area contributed by atoms with Crippen LogP contribution in [0.25, 0.3) is 28.2 Å². The van der Waals surface area contributed by atoms with Crippen molar-refractivity contribution in [1.82, 2.24) is 34.7 Å². The molecule has 152 valence electrons. The van der Waals surface area contributed by atoms with Gasteiger partial charge in [-0.3, -0.25) is 10.00 Å². The monoisotopic (exact) mass is 402 g/mol. The molecule has 4 aromatic rings. The number of nitrogens with zero attached hydrogens (tertiary/aromatic N) is 7. The van der Waals surface area contributed by atoms with Crippen molar-refractivity contribution < 1.29 is 4.79 Å². The number of amides is 2. The van der Waals surface area contributed by atoms with Crippen LogP contribution < -0.4 is 4.90 Å². The Hall–Kier alpha value is -3.75. The lowest BCUT2D eigenvalue weighted by Gasteiger charge is -2.25. The maximum absolute atomic E-state index is 12.8. The van der Waals surface area contributed by atoms with Crippen molar-refractivity contribution in [2.75, 3.05) is 18.5 Å². The fourth-order valence-corrected chi connectivity index (χ4v) is 3.89. The molecule has 9 heteroatoms. The number of nitrogens with one attached hydrogen (secondary N) is 1. The molecule has 30 heavy (non-hydrogen) atoms. The number of aromatic amines is 1. The summed E-state index contributed by atoms with van der Waals surface area (Å²) in [5, 5.41) is 11.3. The van der Waals surface area contributed by atoms with Gasteiger partial charge in [0.25, 0.3) is 0 Å². The van der Waals surface area contributed by atoms with Gasteiger partial charge >= 0.3 is 6.03 Å². The van der Waals surface area contributed by atoms with E-state index in [9.17, 15) is 4.79 Å². The molecule has 0 saturated carbocycles. The summed E-state index contributed by atoms with van der Waals surface area (Å²) in [4.78, 5) is 25.3. The van der Waals surface area contributed by atoms with E-state index in [1.165, 1.54) is 0 Å². The van der Waals surface area contributed by atoms with Crippen molar-refractivity contribution >= 4 is 17.5 Å². The number of benzene rings is 1. The number of H-pyrrole nitrogens is 1. The van der Waals surface area contributed by atoms with E-state index in [0.29, 0.717) is 29.8 Å². The van der Waals surface area contributed by atoms with Gasteiger partial charge in [-0.1, -0.05) is 38.1 Å². The highest BCUT2D eigenvalue weighted by Gasteiger charge is 2.38. The Kier molecular flexibility index (Phi) is 4.23. The van der Waals surface area contributed by atoms with Crippen LogP contribution in [0.2, 0.25) is 0 Å². The van der Waals surface area contributed by atoms with E-state index in [0.717, 1.165) is 16.7 Å². The molecule has 1 saturated heterocycles. The number of fused-ring (bicyclic) bond motifs is 1. The molecule has 1 N–H and O–H groups in total. The largest absolute Gasteiger partial charge is 0.325 e. The fraction of sp³-hybridized carbons (Fsp3) is 0.286. The van der Waals surface area contributed by atoms with E-state index < -0.39 is 0 Å². The van der Waals surface area contributed by atoms with Crippen molar-refractivity contribution in [2.45, 2.75) is 19.9 Å². The molecular formula is C21H22N8O. The molecule has 0 spiro atoms. The lowest BCUT2D eigenvalue weighted by atomic mass is 10.0. The molecule has 1 aliphatic rings. The summed E-state index contributed by atoms with van der Waals surface area (Å²) in [6.07, 6.45) is 5.21. The van der Waals surface area contributed by atoms with E-state index in [1.54, 1.807) is 26.8 Å². The molecule has 1 aliphatic heterocycles. The first kappa shape index (κ1) is 18.3. The Labute approximate surface area is 173 Å². The summed E-state index contributed by atoms with van der Waals surface area (Å²) in [7, 11) is 1.83. The van der Waals surface area contributed by atoms with Crippen LogP contribution in [0.5, 0.6) is 0 Å². The summed E-state index contributed by atoms with van der Waals surface area (Å²) in [6, 6.07) is 9.86. The first-order valence-electron chi connectivity index (χ1n) is 9.88. The number of carbonyl (C=O) groups excluding carboxylic acids is 1. The third kappa shape index (κ3) is 2.90. The SMILES string of the molecule is CC(C)C1CN(C)C(=O)N1c1ccn2ncc(-c3ccc(-c4nc[nH]n4)cc3)c2n1. The molecule has 0 radical (unpaired) electrons. The van der Waals surface area contributed by atoms with Gasteiger partial charge < -0.3 is 4.90 Å². The Balaban J connectivity index is 1.54. The summed E-state index contributed by atoms with van der Waals surface area (Å²) < 4.78 is 1.73. The molecule has 0 aliphatic carbocycles. The number of carbonyl (C=O) groups is 1. The predicted octanol–water partition coefficient (Wildman–Crippen LogP) is 3.08. The summed E-state index contributed by atoms with van der Waals surface area (Å²) in [5.74, 6) is 1.62. The molecular weight excluding hydrogens is 380 g/mol. The fourth-order valence-electron chi connectivity index (χ4n) is 3.89. The summed E-state index contributed by atoms with van der Waals surface area (Å²) in [5.41, 5.74) is 3.53. The minimum atomic E-state index is -0.0255. The second kappa shape index (κ2) is 6.94. The molecule has 1 atom stereocenters.